The van der Waals surface area contributed by atoms with Crippen LogP contribution in [0.4, 0.5) is 0 Å². The average Bonchev–Trinajstić information content (AvgIpc) is 3.19. The molecule has 0 aliphatic carbocycles. The van der Waals surface area contributed by atoms with Gasteiger partial charge in [-0.15, -0.1) is 0 Å². The highest BCUT2D eigenvalue weighted by Crippen LogP contribution is 2.10. The molecule has 28 heavy (non-hydrogen) atoms. The van der Waals surface area contributed by atoms with Gasteiger partial charge in [0.1, 0.15) is 0 Å². The van der Waals surface area contributed by atoms with Crippen LogP contribution in [0.15, 0.2) is 36.7 Å². The van der Waals surface area contributed by atoms with Crippen LogP contribution in [0.1, 0.15) is 28.4 Å². The molecule has 2 rings (SSSR count). The zero-order valence-corrected chi connectivity index (χ0v) is 15.8. The predicted molar refractivity (Wildman–Crippen MR) is 100 cm³/mol. The van der Waals surface area contributed by atoms with Crippen molar-refractivity contribution in [2.45, 2.75) is 19.5 Å². The topological polar surface area (TPSA) is 117 Å². The van der Waals surface area contributed by atoms with Crippen LogP contribution in [-0.2, 0) is 16.1 Å². The second-order valence-corrected chi connectivity index (χ2v) is 5.82. The zero-order valence-electron chi connectivity index (χ0n) is 15.8. The minimum Gasteiger partial charge on any atom is -0.357 e. The minimum atomic E-state index is -1.50. The molecule has 0 bridgehead atoms. The van der Waals surface area contributed by atoms with Crippen molar-refractivity contribution in [2.75, 3.05) is 14.1 Å². The van der Waals surface area contributed by atoms with Crippen LogP contribution < -0.4 is 10.8 Å². The second-order valence-electron chi connectivity index (χ2n) is 5.82. The number of rotatable bonds is 5. The van der Waals surface area contributed by atoms with Gasteiger partial charge in [-0.25, -0.2) is 5.48 Å². The molecule has 0 aliphatic rings. The van der Waals surface area contributed by atoms with E-state index in [1.807, 2.05) is 13.1 Å². The number of likely N-dealkylation sites (N-methyl/N-ethyl adjacent to an activating group) is 2. The maximum absolute atomic E-state index is 12.6. The summed E-state index contributed by atoms with van der Waals surface area (Å²) in [5, 5.41) is 15.2. The fraction of sp³-hybridized carbons (Fsp3) is 0.263. The quantitative estimate of drug-likeness (QED) is 0.291. The molecule has 3 amide bonds. The highest BCUT2D eigenvalue weighted by molar-refractivity contribution is 6.08. The summed E-state index contributed by atoms with van der Waals surface area (Å²) < 4.78 is 1.77. The molecule has 0 fully saturated rings. The standard InChI is InChI=1S/C19H21N5O4/c1-4-24-12-14(11-21-24)6-5-13-7-9-15(10-8-13)19(27)23(3)16(17(25)20-2)18(26)22-28/h7-12,16,28H,4H2,1-3H3,(H,20,25)(H,22,26). The van der Waals surface area contributed by atoms with E-state index in [0.717, 1.165) is 17.0 Å². The summed E-state index contributed by atoms with van der Waals surface area (Å²) in [5.74, 6) is 3.68. The molecule has 0 aliphatic heterocycles. The van der Waals surface area contributed by atoms with Gasteiger partial charge in [-0.05, 0) is 31.2 Å². The Bertz CT molecular complexity index is 908. The zero-order chi connectivity index (χ0) is 20.7. The summed E-state index contributed by atoms with van der Waals surface area (Å²) in [6.45, 7) is 2.74. The number of carbonyl (C=O) groups is 3. The third kappa shape index (κ3) is 4.75. The number of carbonyl (C=O) groups excluding carboxylic acids is 3. The van der Waals surface area contributed by atoms with E-state index in [-0.39, 0.29) is 5.56 Å². The van der Waals surface area contributed by atoms with Crippen molar-refractivity contribution in [3.8, 4) is 11.8 Å². The van der Waals surface area contributed by atoms with Crippen LogP contribution >= 0.6 is 0 Å². The Labute approximate surface area is 162 Å². The highest BCUT2D eigenvalue weighted by Gasteiger charge is 2.33. The van der Waals surface area contributed by atoms with Crippen molar-refractivity contribution in [1.29, 1.82) is 0 Å². The van der Waals surface area contributed by atoms with Gasteiger partial charge >= 0.3 is 0 Å². The van der Waals surface area contributed by atoms with Gasteiger partial charge in [0.15, 0.2) is 6.04 Å². The molecule has 9 nitrogen and oxygen atoms in total. The Hall–Kier alpha value is -3.64. The number of aryl methyl sites for hydroxylation is 1. The van der Waals surface area contributed by atoms with Crippen LogP contribution in [0.25, 0.3) is 0 Å². The van der Waals surface area contributed by atoms with Gasteiger partial charge in [-0.2, -0.15) is 5.10 Å². The first-order valence-corrected chi connectivity index (χ1v) is 8.48. The Balaban J connectivity index is 2.16. The van der Waals surface area contributed by atoms with E-state index in [1.165, 1.54) is 19.6 Å². The number of aromatic nitrogens is 2. The smallest absolute Gasteiger partial charge is 0.275 e. The molecule has 0 saturated carbocycles. The third-order valence-electron chi connectivity index (χ3n) is 4.00. The third-order valence-corrected chi connectivity index (χ3v) is 4.00. The fourth-order valence-corrected chi connectivity index (χ4v) is 2.43. The number of hydroxylamine groups is 1. The number of nitrogens with zero attached hydrogens (tertiary/aromatic N) is 3. The van der Waals surface area contributed by atoms with Crippen LogP contribution in [0.5, 0.6) is 0 Å². The van der Waals surface area contributed by atoms with Crippen LogP contribution in [0, 0.1) is 11.8 Å². The SMILES string of the molecule is CCn1cc(C#Cc2ccc(C(=O)N(C)C(C(=O)NC)C(=O)NO)cc2)cn1. The number of nitrogens with one attached hydrogen (secondary N) is 2. The van der Waals surface area contributed by atoms with Gasteiger partial charge in [0.2, 0.25) is 0 Å². The molecule has 146 valence electrons. The first kappa shape index (κ1) is 20.7. The van der Waals surface area contributed by atoms with Gasteiger partial charge in [0.05, 0.1) is 11.8 Å². The summed E-state index contributed by atoms with van der Waals surface area (Å²) in [6.07, 6.45) is 3.51. The summed E-state index contributed by atoms with van der Waals surface area (Å²) in [6, 6.07) is 4.93. The molecule has 0 saturated heterocycles. The van der Waals surface area contributed by atoms with E-state index in [2.05, 4.69) is 22.3 Å². The van der Waals surface area contributed by atoms with E-state index < -0.39 is 23.8 Å². The van der Waals surface area contributed by atoms with Gasteiger partial charge in [0.25, 0.3) is 17.7 Å². The number of hydrogen-bond donors (Lipinski definition) is 3. The van der Waals surface area contributed by atoms with Gasteiger partial charge in [-0.3, -0.25) is 24.3 Å². The van der Waals surface area contributed by atoms with Crippen LogP contribution in [-0.4, -0.2) is 57.7 Å². The monoisotopic (exact) mass is 383 g/mol. The molecule has 1 unspecified atom stereocenters. The molecule has 1 aromatic carbocycles. The molecular weight excluding hydrogens is 362 g/mol. The van der Waals surface area contributed by atoms with Crippen molar-refractivity contribution in [3.05, 3.63) is 53.3 Å². The molecule has 1 heterocycles. The highest BCUT2D eigenvalue weighted by atomic mass is 16.5. The van der Waals surface area contributed by atoms with Gasteiger partial charge < -0.3 is 10.2 Å². The van der Waals surface area contributed by atoms with E-state index in [4.69, 9.17) is 5.21 Å². The maximum Gasteiger partial charge on any atom is 0.275 e. The number of hydrogen-bond acceptors (Lipinski definition) is 5. The molecule has 0 spiro atoms. The Kier molecular flexibility index (Phi) is 6.90. The summed E-state index contributed by atoms with van der Waals surface area (Å²) in [4.78, 5) is 37.2. The molecular formula is C19H21N5O4. The molecule has 1 aromatic heterocycles. The lowest BCUT2D eigenvalue weighted by Crippen LogP contribution is -2.54. The van der Waals surface area contributed by atoms with E-state index >= 15 is 0 Å². The lowest BCUT2D eigenvalue weighted by molar-refractivity contribution is -0.140. The van der Waals surface area contributed by atoms with Crippen molar-refractivity contribution in [3.63, 3.8) is 0 Å². The van der Waals surface area contributed by atoms with Crippen LogP contribution in [0.3, 0.4) is 0 Å². The van der Waals surface area contributed by atoms with Crippen molar-refractivity contribution >= 4 is 17.7 Å². The second kappa shape index (κ2) is 9.34. The summed E-state index contributed by atoms with van der Waals surface area (Å²) >= 11 is 0. The lowest BCUT2D eigenvalue weighted by atomic mass is 10.1. The average molecular weight is 383 g/mol. The molecule has 9 heteroatoms. The van der Waals surface area contributed by atoms with Crippen molar-refractivity contribution in [1.82, 2.24) is 25.5 Å². The fourth-order valence-electron chi connectivity index (χ4n) is 2.43. The van der Waals surface area contributed by atoms with Gasteiger partial charge in [-0.1, -0.05) is 11.8 Å². The Morgan fingerprint density at radius 3 is 2.36 bits per heavy atom. The van der Waals surface area contributed by atoms with Gasteiger partial charge in [0, 0.05) is 38.0 Å². The predicted octanol–water partition coefficient (Wildman–Crippen LogP) is -0.00520. The molecule has 1 atom stereocenters. The number of amides is 3. The number of benzene rings is 1. The van der Waals surface area contributed by atoms with E-state index in [0.29, 0.717) is 5.56 Å². The summed E-state index contributed by atoms with van der Waals surface area (Å²) in [7, 11) is 2.63. The minimum absolute atomic E-state index is 0.270. The van der Waals surface area contributed by atoms with Crippen LogP contribution in [0.2, 0.25) is 0 Å². The molecule has 3 N–H and O–H groups in total. The van der Waals surface area contributed by atoms with Crippen molar-refractivity contribution < 1.29 is 19.6 Å². The summed E-state index contributed by atoms with van der Waals surface area (Å²) in [5.41, 5.74) is 3.14. The maximum atomic E-state index is 12.6. The van der Waals surface area contributed by atoms with E-state index in [9.17, 15) is 14.4 Å². The first-order valence-electron chi connectivity index (χ1n) is 8.48. The molecule has 0 radical (unpaired) electrons. The normalized spacial score (nSPS) is 11.0. The van der Waals surface area contributed by atoms with E-state index in [1.54, 1.807) is 35.1 Å². The lowest BCUT2D eigenvalue weighted by Gasteiger charge is -2.25. The Morgan fingerprint density at radius 2 is 1.82 bits per heavy atom. The largest absolute Gasteiger partial charge is 0.357 e. The Morgan fingerprint density at radius 1 is 1.18 bits per heavy atom. The van der Waals surface area contributed by atoms with Crippen molar-refractivity contribution in [2.24, 2.45) is 0 Å². The first-order chi connectivity index (χ1) is 13.4. The molecule has 2 aromatic rings.